The van der Waals surface area contributed by atoms with E-state index in [4.69, 9.17) is 4.74 Å². The molecule has 1 N–H and O–H groups in total. The summed E-state index contributed by atoms with van der Waals surface area (Å²) in [6, 6.07) is 4.97. The van der Waals surface area contributed by atoms with E-state index in [9.17, 15) is 9.50 Å². The van der Waals surface area contributed by atoms with E-state index in [0.717, 1.165) is 26.1 Å². The molecule has 1 saturated heterocycles. The first-order chi connectivity index (χ1) is 8.16. The monoisotopic (exact) mass is 256 g/mol. The zero-order valence-electron chi connectivity index (χ0n) is 9.86. The minimum absolute atomic E-state index is 0.236. The molecule has 0 aromatic heterocycles. The molecule has 4 heteroatoms. The van der Waals surface area contributed by atoms with Gasteiger partial charge in [0.15, 0.2) is 0 Å². The molecule has 1 heterocycles. The Labute approximate surface area is 105 Å². The van der Waals surface area contributed by atoms with Gasteiger partial charge in [0.2, 0.25) is 0 Å². The molecule has 1 atom stereocenters. The van der Waals surface area contributed by atoms with Crippen LogP contribution in [0.15, 0.2) is 23.1 Å². The molecule has 0 saturated carbocycles. The van der Waals surface area contributed by atoms with Crippen LogP contribution in [0, 0.1) is 5.82 Å². The van der Waals surface area contributed by atoms with Crippen LogP contribution in [0.25, 0.3) is 0 Å². The predicted molar refractivity (Wildman–Crippen MR) is 66.7 cm³/mol. The van der Waals surface area contributed by atoms with Crippen LogP contribution in [0.4, 0.5) is 4.39 Å². The van der Waals surface area contributed by atoms with Crippen molar-refractivity contribution in [2.24, 2.45) is 0 Å². The number of rotatable bonds is 3. The highest BCUT2D eigenvalue weighted by atomic mass is 32.2. The van der Waals surface area contributed by atoms with Crippen LogP contribution < -0.4 is 0 Å². The number of ether oxygens (including phenoxy) is 1. The third-order valence-electron chi connectivity index (χ3n) is 2.90. The van der Waals surface area contributed by atoms with Gasteiger partial charge >= 0.3 is 0 Å². The molecule has 0 spiro atoms. The summed E-state index contributed by atoms with van der Waals surface area (Å²) < 4.78 is 19.1. The van der Waals surface area contributed by atoms with Crippen molar-refractivity contribution >= 4 is 11.8 Å². The third kappa shape index (κ3) is 3.44. The molecule has 1 aliphatic rings. The van der Waals surface area contributed by atoms with Crippen molar-refractivity contribution in [2.45, 2.75) is 36.0 Å². The van der Waals surface area contributed by atoms with Gasteiger partial charge in [-0.05, 0) is 37.5 Å². The Hall–Kier alpha value is -0.580. The number of hydrogen-bond acceptors (Lipinski definition) is 3. The van der Waals surface area contributed by atoms with Gasteiger partial charge in [0.1, 0.15) is 5.82 Å². The summed E-state index contributed by atoms with van der Waals surface area (Å²) in [5.74, 6) is -0.236. The van der Waals surface area contributed by atoms with Gasteiger partial charge < -0.3 is 9.84 Å². The van der Waals surface area contributed by atoms with Gasteiger partial charge in [-0.1, -0.05) is 6.07 Å². The first-order valence-electron chi connectivity index (χ1n) is 5.88. The van der Waals surface area contributed by atoms with E-state index >= 15 is 0 Å². The lowest BCUT2D eigenvalue weighted by Crippen LogP contribution is -2.17. The van der Waals surface area contributed by atoms with E-state index in [2.05, 4.69) is 0 Å². The molecule has 2 nitrogen and oxygen atoms in total. The van der Waals surface area contributed by atoms with Crippen molar-refractivity contribution < 1.29 is 14.2 Å². The Morgan fingerprint density at radius 3 is 2.71 bits per heavy atom. The number of hydrogen-bond donors (Lipinski definition) is 1. The number of thioether (sulfide) groups is 1. The summed E-state index contributed by atoms with van der Waals surface area (Å²) in [6.07, 6.45) is 1.33. The molecule has 1 aromatic carbocycles. The normalized spacial score (nSPS) is 19.2. The minimum atomic E-state index is -0.619. The molecule has 0 amide bonds. The molecule has 0 radical (unpaired) electrons. The molecule has 1 aromatic rings. The molecule has 0 aliphatic carbocycles. The van der Waals surface area contributed by atoms with Crippen molar-refractivity contribution in [3.05, 3.63) is 29.6 Å². The summed E-state index contributed by atoms with van der Waals surface area (Å²) in [5, 5.41) is 9.81. The summed E-state index contributed by atoms with van der Waals surface area (Å²) >= 11 is 1.57. The van der Waals surface area contributed by atoms with Crippen LogP contribution in [0.3, 0.4) is 0 Å². The lowest BCUT2D eigenvalue weighted by molar-refractivity contribution is 0.1000. The Balaban J connectivity index is 2.05. The molecule has 1 aliphatic heterocycles. The van der Waals surface area contributed by atoms with Crippen LogP contribution in [-0.4, -0.2) is 23.6 Å². The van der Waals surface area contributed by atoms with Crippen LogP contribution >= 0.6 is 11.8 Å². The zero-order chi connectivity index (χ0) is 12.3. The van der Waals surface area contributed by atoms with E-state index in [-0.39, 0.29) is 5.82 Å². The van der Waals surface area contributed by atoms with E-state index in [0.29, 0.717) is 15.7 Å². The lowest BCUT2D eigenvalue weighted by Gasteiger charge is -2.21. The Morgan fingerprint density at radius 1 is 1.41 bits per heavy atom. The second-order valence-corrected chi connectivity index (χ2v) is 5.64. The minimum Gasteiger partial charge on any atom is -0.389 e. The summed E-state index contributed by atoms with van der Waals surface area (Å²) in [7, 11) is 0. The van der Waals surface area contributed by atoms with E-state index in [1.165, 1.54) is 6.07 Å². The topological polar surface area (TPSA) is 29.5 Å². The lowest BCUT2D eigenvalue weighted by atomic mass is 10.1. The largest absolute Gasteiger partial charge is 0.389 e. The van der Waals surface area contributed by atoms with Crippen molar-refractivity contribution in [3.8, 4) is 0 Å². The molecule has 1 fully saturated rings. The fraction of sp³-hybridized carbons (Fsp3) is 0.538. The zero-order valence-corrected chi connectivity index (χ0v) is 10.7. The highest BCUT2D eigenvalue weighted by Crippen LogP contribution is 2.32. The third-order valence-corrected chi connectivity index (χ3v) is 4.29. The summed E-state index contributed by atoms with van der Waals surface area (Å²) in [5.41, 5.74) is 0.624. The van der Waals surface area contributed by atoms with Crippen molar-refractivity contribution in [1.29, 1.82) is 0 Å². The number of aliphatic hydroxyl groups is 1. The Bertz CT molecular complexity index is 376. The number of benzene rings is 1. The molecule has 17 heavy (non-hydrogen) atoms. The molecular weight excluding hydrogens is 239 g/mol. The van der Waals surface area contributed by atoms with E-state index < -0.39 is 6.10 Å². The maximum absolute atomic E-state index is 13.8. The smallest absolute Gasteiger partial charge is 0.137 e. The standard InChI is InChI=1S/C13H17FO2S/c1-9(15)10-2-3-13(12(14)8-10)17-11-4-6-16-7-5-11/h2-3,8-9,11,15H,4-7H2,1H3/t9-/m1/s1. The first-order valence-corrected chi connectivity index (χ1v) is 6.76. The second-order valence-electron chi connectivity index (χ2n) is 4.30. The van der Waals surface area contributed by atoms with Crippen LogP contribution in [0.1, 0.15) is 31.4 Å². The molecular formula is C13H17FO2S. The van der Waals surface area contributed by atoms with Crippen LogP contribution in [0.2, 0.25) is 0 Å². The number of halogens is 1. The van der Waals surface area contributed by atoms with Crippen molar-refractivity contribution in [3.63, 3.8) is 0 Å². The molecule has 94 valence electrons. The van der Waals surface area contributed by atoms with Gasteiger partial charge in [-0.15, -0.1) is 11.8 Å². The summed E-state index contributed by atoms with van der Waals surface area (Å²) in [4.78, 5) is 0.668. The van der Waals surface area contributed by atoms with Crippen LogP contribution in [0.5, 0.6) is 0 Å². The number of aliphatic hydroxyl groups excluding tert-OH is 1. The van der Waals surface area contributed by atoms with Gasteiger partial charge in [-0.2, -0.15) is 0 Å². The predicted octanol–water partition coefficient (Wildman–Crippen LogP) is 3.15. The van der Waals surface area contributed by atoms with Crippen LogP contribution in [-0.2, 0) is 4.74 Å². The van der Waals surface area contributed by atoms with E-state index in [1.54, 1.807) is 30.8 Å². The Morgan fingerprint density at radius 2 is 2.12 bits per heavy atom. The highest BCUT2D eigenvalue weighted by molar-refractivity contribution is 8.00. The SMILES string of the molecule is C[C@@H](O)c1ccc(SC2CCOCC2)c(F)c1. The van der Waals surface area contributed by atoms with Gasteiger partial charge in [0.05, 0.1) is 6.10 Å². The maximum Gasteiger partial charge on any atom is 0.137 e. The van der Waals surface area contributed by atoms with Gasteiger partial charge in [0, 0.05) is 23.4 Å². The van der Waals surface area contributed by atoms with Crippen molar-refractivity contribution in [2.75, 3.05) is 13.2 Å². The first kappa shape index (κ1) is 12.9. The molecule has 2 rings (SSSR count). The van der Waals surface area contributed by atoms with Gasteiger partial charge in [-0.3, -0.25) is 0 Å². The fourth-order valence-corrected chi connectivity index (χ4v) is 2.95. The quantitative estimate of drug-likeness (QED) is 0.901. The fourth-order valence-electron chi connectivity index (χ4n) is 1.85. The highest BCUT2D eigenvalue weighted by Gasteiger charge is 2.17. The van der Waals surface area contributed by atoms with E-state index in [1.807, 2.05) is 0 Å². The average Bonchev–Trinajstić information content (AvgIpc) is 2.33. The maximum atomic E-state index is 13.8. The van der Waals surface area contributed by atoms with Gasteiger partial charge in [0.25, 0.3) is 0 Å². The average molecular weight is 256 g/mol. The summed E-state index contributed by atoms with van der Waals surface area (Å²) in [6.45, 7) is 3.18. The Kier molecular flexibility index (Phi) is 4.42. The molecule has 0 unspecified atom stereocenters. The van der Waals surface area contributed by atoms with Crippen molar-refractivity contribution in [1.82, 2.24) is 0 Å². The van der Waals surface area contributed by atoms with Gasteiger partial charge in [-0.25, -0.2) is 4.39 Å². The second kappa shape index (κ2) is 5.85. The molecule has 0 bridgehead atoms.